The molecule has 0 aromatic carbocycles. The lowest BCUT2D eigenvalue weighted by Gasteiger charge is -2.40. The number of rotatable bonds is 6. The molecule has 1 amide bonds. The third-order valence-electron chi connectivity index (χ3n) is 3.18. The molecular formula is C12H21N2O3S-. The number of carbonyl (C=O) groups is 2. The smallest absolute Gasteiger partial charge is 0.303 e. The summed E-state index contributed by atoms with van der Waals surface area (Å²) in [4.78, 5) is 26.2. The molecule has 6 heteroatoms. The van der Waals surface area contributed by atoms with Crippen LogP contribution in [-0.4, -0.2) is 64.8 Å². The number of nitrogens with zero attached hydrogens (tertiary/aromatic N) is 2. The van der Waals surface area contributed by atoms with Crippen molar-refractivity contribution in [3.63, 3.8) is 0 Å². The highest BCUT2D eigenvalue weighted by Gasteiger charge is 2.21. The van der Waals surface area contributed by atoms with Gasteiger partial charge in [0.05, 0.1) is 0 Å². The van der Waals surface area contributed by atoms with Crippen molar-refractivity contribution >= 4 is 24.5 Å². The van der Waals surface area contributed by atoms with Crippen LogP contribution in [0.1, 0.15) is 19.3 Å². The van der Waals surface area contributed by atoms with Crippen molar-refractivity contribution in [3.8, 4) is 0 Å². The molecule has 1 saturated heterocycles. The number of piperazine rings is 1. The SMILES string of the molecule is [CH2-]C(CS)N1CCN(C(=O)CCCC(=O)O)CC1. The summed E-state index contributed by atoms with van der Waals surface area (Å²) >= 11 is 4.21. The number of carboxylic acids is 1. The predicted octanol–water partition coefficient (Wildman–Crippen LogP) is 0.518. The molecule has 1 N–H and O–H groups in total. The van der Waals surface area contributed by atoms with Gasteiger partial charge in [-0.15, -0.1) is 6.04 Å². The second kappa shape index (κ2) is 7.63. The molecule has 0 saturated carbocycles. The van der Waals surface area contributed by atoms with E-state index in [0.717, 1.165) is 13.1 Å². The molecule has 0 aromatic heterocycles. The molecule has 18 heavy (non-hydrogen) atoms. The van der Waals surface area contributed by atoms with E-state index in [1.807, 2.05) is 4.90 Å². The number of thiol groups is 1. The van der Waals surface area contributed by atoms with Gasteiger partial charge in [0.2, 0.25) is 5.91 Å². The summed E-state index contributed by atoms with van der Waals surface area (Å²) in [6, 6.07) is 0.192. The van der Waals surface area contributed by atoms with Crippen LogP contribution in [-0.2, 0) is 9.59 Å². The quantitative estimate of drug-likeness (QED) is 0.547. The summed E-state index contributed by atoms with van der Waals surface area (Å²) in [5, 5.41) is 8.51. The van der Waals surface area contributed by atoms with Crippen LogP contribution in [0, 0.1) is 6.92 Å². The third-order valence-corrected chi connectivity index (χ3v) is 3.60. The van der Waals surface area contributed by atoms with Crippen LogP contribution in [0.3, 0.4) is 0 Å². The Kier molecular flexibility index (Phi) is 6.49. The van der Waals surface area contributed by atoms with Crippen molar-refractivity contribution in [1.82, 2.24) is 9.80 Å². The Labute approximate surface area is 114 Å². The average molecular weight is 273 g/mol. The fourth-order valence-corrected chi connectivity index (χ4v) is 2.23. The molecule has 1 unspecified atom stereocenters. The molecule has 0 radical (unpaired) electrons. The molecule has 0 aromatic rings. The third kappa shape index (κ3) is 4.86. The summed E-state index contributed by atoms with van der Waals surface area (Å²) < 4.78 is 0. The van der Waals surface area contributed by atoms with Crippen LogP contribution in [0.15, 0.2) is 0 Å². The van der Waals surface area contributed by atoms with Crippen LogP contribution in [0.2, 0.25) is 0 Å². The second-order valence-corrected chi connectivity index (χ2v) is 4.87. The molecule has 0 spiro atoms. The lowest BCUT2D eigenvalue weighted by atomic mass is 10.2. The van der Waals surface area contributed by atoms with Crippen LogP contribution in [0.4, 0.5) is 0 Å². The molecule has 5 nitrogen and oxygen atoms in total. The van der Waals surface area contributed by atoms with E-state index >= 15 is 0 Å². The number of amides is 1. The summed E-state index contributed by atoms with van der Waals surface area (Å²) in [7, 11) is 0. The van der Waals surface area contributed by atoms with E-state index in [0.29, 0.717) is 31.7 Å². The van der Waals surface area contributed by atoms with Gasteiger partial charge in [0, 0.05) is 39.0 Å². The summed E-state index contributed by atoms with van der Waals surface area (Å²) in [5.41, 5.74) is 0. The van der Waals surface area contributed by atoms with E-state index in [1.165, 1.54) is 0 Å². The number of carbonyl (C=O) groups excluding carboxylic acids is 1. The van der Waals surface area contributed by atoms with Gasteiger partial charge in [0.1, 0.15) is 0 Å². The lowest BCUT2D eigenvalue weighted by molar-refractivity contribution is -0.137. The highest BCUT2D eigenvalue weighted by Crippen LogP contribution is 2.09. The minimum atomic E-state index is -0.846. The maximum absolute atomic E-state index is 11.8. The Morgan fingerprint density at radius 1 is 1.22 bits per heavy atom. The van der Waals surface area contributed by atoms with Gasteiger partial charge in [-0.3, -0.25) is 9.59 Å². The molecule has 1 rings (SSSR count). The summed E-state index contributed by atoms with van der Waals surface area (Å²) in [6.45, 7) is 7.04. The van der Waals surface area contributed by atoms with E-state index in [2.05, 4.69) is 24.5 Å². The Balaban J connectivity index is 2.25. The van der Waals surface area contributed by atoms with Gasteiger partial charge < -0.3 is 21.8 Å². The van der Waals surface area contributed by atoms with Crippen molar-refractivity contribution in [3.05, 3.63) is 6.92 Å². The first-order valence-corrected chi connectivity index (χ1v) is 6.85. The van der Waals surface area contributed by atoms with E-state index in [9.17, 15) is 9.59 Å². The molecule has 0 aliphatic carbocycles. The van der Waals surface area contributed by atoms with Crippen LogP contribution in [0.5, 0.6) is 0 Å². The molecule has 1 aliphatic heterocycles. The highest BCUT2D eigenvalue weighted by atomic mass is 32.1. The molecule has 1 fully saturated rings. The Morgan fingerprint density at radius 3 is 2.33 bits per heavy atom. The fraction of sp³-hybridized carbons (Fsp3) is 0.750. The molecule has 1 atom stereocenters. The maximum atomic E-state index is 11.8. The van der Waals surface area contributed by atoms with Crippen molar-refractivity contribution in [2.24, 2.45) is 0 Å². The van der Waals surface area contributed by atoms with E-state index in [4.69, 9.17) is 5.11 Å². The van der Waals surface area contributed by atoms with Gasteiger partial charge in [-0.05, 0) is 12.2 Å². The Morgan fingerprint density at radius 2 is 1.83 bits per heavy atom. The van der Waals surface area contributed by atoms with Crippen molar-refractivity contribution in [2.45, 2.75) is 25.3 Å². The van der Waals surface area contributed by atoms with E-state index < -0.39 is 5.97 Å². The van der Waals surface area contributed by atoms with Gasteiger partial charge in [-0.25, -0.2) is 0 Å². The minimum Gasteiger partial charge on any atom is -0.481 e. The normalized spacial score (nSPS) is 18.7. The number of hydrogen-bond acceptors (Lipinski definition) is 4. The van der Waals surface area contributed by atoms with Gasteiger partial charge in [0.25, 0.3) is 0 Å². The topological polar surface area (TPSA) is 60.9 Å². The summed E-state index contributed by atoms with van der Waals surface area (Å²) in [5.74, 6) is -0.0734. The highest BCUT2D eigenvalue weighted by molar-refractivity contribution is 7.80. The maximum Gasteiger partial charge on any atom is 0.303 e. The van der Waals surface area contributed by atoms with E-state index in [1.54, 1.807) is 0 Å². The van der Waals surface area contributed by atoms with Crippen LogP contribution < -0.4 is 0 Å². The minimum absolute atomic E-state index is 0.0578. The number of carboxylic acid groups (broad SMARTS) is 1. The van der Waals surface area contributed by atoms with Crippen molar-refractivity contribution < 1.29 is 14.7 Å². The first-order chi connectivity index (χ1) is 8.54. The van der Waals surface area contributed by atoms with Gasteiger partial charge in [0.15, 0.2) is 0 Å². The van der Waals surface area contributed by atoms with Crippen LogP contribution in [0.25, 0.3) is 0 Å². The van der Waals surface area contributed by atoms with Crippen LogP contribution >= 0.6 is 12.6 Å². The first kappa shape index (κ1) is 15.3. The van der Waals surface area contributed by atoms with Crippen molar-refractivity contribution in [1.29, 1.82) is 0 Å². The zero-order valence-corrected chi connectivity index (χ0v) is 11.4. The molecule has 0 bridgehead atoms. The predicted molar refractivity (Wildman–Crippen MR) is 72.6 cm³/mol. The Hall–Kier alpha value is -0.750. The molecule has 104 valence electrons. The molecular weight excluding hydrogens is 252 g/mol. The van der Waals surface area contributed by atoms with Gasteiger partial charge in [-0.2, -0.15) is 12.6 Å². The second-order valence-electron chi connectivity index (χ2n) is 4.50. The van der Waals surface area contributed by atoms with Gasteiger partial charge >= 0.3 is 5.97 Å². The van der Waals surface area contributed by atoms with Gasteiger partial charge in [-0.1, -0.05) is 0 Å². The fourth-order valence-electron chi connectivity index (χ4n) is 2.00. The van der Waals surface area contributed by atoms with E-state index in [-0.39, 0.29) is 18.4 Å². The first-order valence-electron chi connectivity index (χ1n) is 6.22. The zero-order chi connectivity index (χ0) is 13.5. The monoisotopic (exact) mass is 273 g/mol. The zero-order valence-electron chi connectivity index (χ0n) is 10.5. The van der Waals surface area contributed by atoms with Crippen molar-refractivity contribution in [2.75, 3.05) is 31.9 Å². The largest absolute Gasteiger partial charge is 0.481 e. The lowest BCUT2D eigenvalue weighted by Crippen LogP contribution is -2.51. The number of hydrogen-bond donors (Lipinski definition) is 2. The standard InChI is InChI=1S/C12H21N2O3S/c1-10(9-18)13-5-7-14(8-6-13)11(15)3-2-4-12(16)17/h10,18H,1-9H2,(H,16,17)/q-1. The number of aliphatic carboxylic acids is 1. The average Bonchev–Trinajstić information content (AvgIpc) is 2.37. The Bertz CT molecular complexity index is 291. The molecule has 1 heterocycles. The molecule has 1 aliphatic rings. The summed E-state index contributed by atoms with van der Waals surface area (Å²) in [6.07, 6.45) is 0.808.